The van der Waals surface area contributed by atoms with Gasteiger partial charge in [-0.25, -0.2) is 0 Å². The van der Waals surface area contributed by atoms with Gasteiger partial charge in [0.15, 0.2) is 5.60 Å². The minimum atomic E-state index is -2.24. The predicted molar refractivity (Wildman–Crippen MR) is 144 cm³/mol. The van der Waals surface area contributed by atoms with Crippen LogP contribution in [0.25, 0.3) is 0 Å². The van der Waals surface area contributed by atoms with Crippen LogP contribution >= 0.6 is 0 Å². The summed E-state index contributed by atoms with van der Waals surface area (Å²) in [6, 6.07) is 23.5. The molecular weight excluding hydrogens is 494 g/mol. The number of rotatable bonds is 4. The number of benzene rings is 3. The molecule has 4 unspecified atom stereocenters. The van der Waals surface area contributed by atoms with Gasteiger partial charge in [0.2, 0.25) is 5.91 Å². The SMILES string of the molecule is COC(=O)C1(C2(O)C(=O)N(Cc3ccccc3)c3ccccc32)CC2(C(=O)Nc3ccccc32)N2CCCC21. The maximum Gasteiger partial charge on any atom is 0.317 e. The summed E-state index contributed by atoms with van der Waals surface area (Å²) in [6.45, 7) is 0.796. The van der Waals surface area contributed by atoms with Gasteiger partial charge in [-0.1, -0.05) is 66.7 Å². The second-order valence-electron chi connectivity index (χ2n) is 11.0. The summed E-state index contributed by atoms with van der Waals surface area (Å²) in [5.74, 6) is -1.50. The maximum atomic E-state index is 14.6. The number of nitrogens with one attached hydrogen (secondary N) is 1. The topological polar surface area (TPSA) is 99.2 Å². The van der Waals surface area contributed by atoms with E-state index in [1.165, 1.54) is 7.11 Å². The third-order valence-electron chi connectivity index (χ3n) is 9.36. The summed E-state index contributed by atoms with van der Waals surface area (Å²) in [7, 11) is 1.29. The number of nitrogens with zero attached hydrogens (tertiary/aromatic N) is 2. The van der Waals surface area contributed by atoms with Gasteiger partial charge in [0, 0.05) is 29.3 Å². The number of esters is 1. The van der Waals surface area contributed by atoms with Gasteiger partial charge in [-0.2, -0.15) is 0 Å². The zero-order chi connectivity index (χ0) is 27.0. The quantitative estimate of drug-likeness (QED) is 0.510. The number of amides is 2. The molecule has 0 saturated carbocycles. The Hall–Kier alpha value is -4.01. The van der Waals surface area contributed by atoms with Crippen molar-refractivity contribution in [2.75, 3.05) is 23.9 Å². The van der Waals surface area contributed by atoms with Gasteiger partial charge < -0.3 is 20.1 Å². The van der Waals surface area contributed by atoms with Crippen LogP contribution in [0, 0.1) is 5.41 Å². The number of hydrogen-bond donors (Lipinski definition) is 2. The zero-order valence-corrected chi connectivity index (χ0v) is 21.6. The van der Waals surface area contributed by atoms with Crippen LogP contribution in [0.3, 0.4) is 0 Å². The minimum Gasteiger partial charge on any atom is -0.468 e. The lowest BCUT2D eigenvalue weighted by Gasteiger charge is -2.42. The van der Waals surface area contributed by atoms with Crippen molar-refractivity contribution in [1.82, 2.24) is 4.90 Å². The summed E-state index contributed by atoms with van der Waals surface area (Å²) < 4.78 is 5.44. The Balaban J connectivity index is 1.46. The lowest BCUT2D eigenvalue weighted by molar-refractivity contribution is -0.183. The minimum absolute atomic E-state index is 0.0735. The van der Waals surface area contributed by atoms with Crippen molar-refractivity contribution in [2.45, 2.75) is 43.0 Å². The number of aliphatic hydroxyl groups is 1. The predicted octanol–water partition coefficient (Wildman–Crippen LogP) is 3.30. The van der Waals surface area contributed by atoms with E-state index in [1.807, 2.05) is 65.6 Å². The van der Waals surface area contributed by atoms with E-state index < -0.39 is 34.5 Å². The molecule has 0 aromatic heterocycles. The standard InChI is InChI=1S/C31H29N3O5/c1-39-28(37)29(19-30(34-17-9-16-25(29)34)21-12-5-7-14-23(21)32-26(30)35)31(38)22-13-6-8-15-24(22)33(27(31)36)18-20-10-3-2-4-11-20/h2-8,10-15,25,38H,9,16-19H2,1H3,(H,32,35). The molecule has 198 valence electrons. The summed E-state index contributed by atoms with van der Waals surface area (Å²) in [6.07, 6.45) is 1.19. The number of hydrogen-bond acceptors (Lipinski definition) is 6. The second-order valence-corrected chi connectivity index (χ2v) is 11.0. The number of para-hydroxylation sites is 2. The van der Waals surface area contributed by atoms with Crippen LogP contribution in [0.15, 0.2) is 78.9 Å². The molecule has 4 atom stereocenters. The first-order valence-corrected chi connectivity index (χ1v) is 13.3. The van der Waals surface area contributed by atoms with E-state index in [4.69, 9.17) is 4.74 Å². The zero-order valence-electron chi connectivity index (χ0n) is 21.6. The normalized spacial score (nSPS) is 30.8. The number of anilines is 2. The summed E-state index contributed by atoms with van der Waals surface area (Å²) >= 11 is 0. The third kappa shape index (κ3) is 2.82. The Labute approximate surface area is 226 Å². The molecule has 2 amide bonds. The third-order valence-corrected chi connectivity index (χ3v) is 9.36. The first-order valence-electron chi connectivity index (χ1n) is 13.3. The van der Waals surface area contributed by atoms with Crippen LogP contribution in [-0.4, -0.2) is 47.5 Å². The smallest absolute Gasteiger partial charge is 0.317 e. The molecule has 4 aliphatic heterocycles. The molecule has 2 fully saturated rings. The van der Waals surface area contributed by atoms with Crippen molar-refractivity contribution in [3.63, 3.8) is 0 Å². The van der Waals surface area contributed by atoms with E-state index in [0.29, 0.717) is 29.9 Å². The van der Waals surface area contributed by atoms with Gasteiger partial charge >= 0.3 is 5.97 Å². The van der Waals surface area contributed by atoms with Crippen molar-refractivity contribution in [2.24, 2.45) is 5.41 Å². The summed E-state index contributed by atoms with van der Waals surface area (Å²) in [5.41, 5.74) is -1.90. The fourth-order valence-electron chi connectivity index (χ4n) is 7.82. The number of methoxy groups -OCH3 is 1. The fourth-order valence-corrected chi connectivity index (χ4v) is 7.82. The average molecular weight is 524 g/mol. The van der Waals surface area contributed by atoms with Gasteiger partial charge in [0.1, 0.15) is 11.0 Å². The summed E-state index contributed by atoms with van der Waals surface area (Å²) in [5, 5.41) is 15.9. The van der Waals surface area contributed by atoms with Gasteiger partial charge in [-0.15, -0.1) is 0 Å². The highest BCUT2D eigenvalue weighted by atomic mass is 16.5. The highest BCUT2D eigenvalue weighted by Gasteiger charge is 2.79. The molecule has 0 radical (unpaired) electrons. The molecule has 3 aromatic rings. The highest BCUT2D eigenvalue weighted by molar-refractivity contribution is 6.12. The molecule has 2 saturated heterocycles. The van der Waals surface area contributed by atoms with E-state index in [0.717, 1.165) is 17.5 Å². The Bertz CT molecular complexity index is 1530. The Morgan fingerprint density at radius 2 is 1.69 bits per heavy atom. The number of carbonyl (C=O) groups excluding carboxylic acids is 3. The van der Waals surface area contributed by atoms with E-state index in [1.54, 1.807) is 23.1 Å². The van der Waals surface area contributed by atoms with Gasteiger partial charge in [-0.3, -0.25) is 19.3 Å². The van der Waals surface area contributed by atoms with Gasteiger partial charge in [-0.05, 0) is 37.1 Å². The molecule has 8 heteroatoms. The van der Waals surface area contributed by atoms with Crippen LogP contribution in [-0.2, 0) is 36.8 Å². The van der Waals surface area contributed by atoms with Crippen LogP contribution in [0.4, 0.5) is 11.4 Å². The molecular formula is C31H29N3O5. The van der Waals surface area contributed by atoms with Crippen molar-refractivity contribution in [3.8, 4) is 0 Å². The first kappa shape index (κ1) is 24.1. The molecule has 7 rings (SSSR count). The van der Waals surface area contributed by atoms with Crippen molar-refractivity contribution in [3.05, 3.63) is 95.6 Å². The van der Waals surface area contributed by atoms with Crippen LogP contribution in [0.1, 0.15) is 36.0 Å². The van der Waals surface area contributed by atoms with Gasteiger partial charge in [0.05, 0.1) is 19.3 Å². The first-order chi connectivity index (χ1) is 18.9. The lowest BCUT2D eigenvalue weighted by Crippen LogP contribution is -2.61. The maximum absolute atomic E-state index is 14.6. The van der Waals surface area contributed by atoms with Crippen LogP contribution in [0.2, 0.25) is 0 Å². The molecule has 1 spiro atoms. The van der Waals surface area contributed by atoms with Crippen LogP contribution < -0.4 is 10.2 Å². The monoisotopic (exact) mass is 523 g/mol. The van der Waals surface area contributed by atoms with E-state index in [-0.39, 0.29) is 18.9 Å². The molecule has 0 aliphatic carbocycles. The Kier molecular flexibility index (Phi) is 5.09. The Morgan fingerprint density at radius 3 is 2.46 bits per heavy atom. The molecule has 8 nitrogen and oxygen atoms in total. The van der Waals surface area contributed by atoms with Crippen molar-refractivity contribution in [1.29, 1.82) is 0 Å². The van der Waals surface area contributed by atoms with Crippen molar-refractivity contribution < 1.29 is 24.2 Å². The molecule has 2 N–H and O–H groups in total. The lowest BCUT2D eigenvalue weighted by atomic mass is 9.61. The summed E-state index contributed by atoms with van der Waals surface area (Å²) in [4.78, 5) is 46.2. The number of carbonyl (C=O) groups is 3. The van der Waals surface area contributed by atoms with E-state index in [9.17, 15) is 19.5 Å². The average Bonchev–Trinajstić information content (AvgIpc) is 3.69. The molecule has 39 heavy (non-hydrogen) atoms. The van der Waals surface area contributed by atoms with Gasteiger partial charge in [0.25, 0.3) is 5.91 Å². The molecule has 0 bridgehead atoms. The van der Waals surface area contributed by atoms with E-state index in [2.05, 4.69) is 5.32 Å². The second kappa shape index (κ2) is 8.24. The highest BCUT2D eigenvalue weighted by Crippen LogP contribution is 2.66. The molecule has 4 aliphatic rings. The van der Waals surface area contributed by atoms with Crippen molar-refractivity contribution >= 4 is 29.2 Å². The van der Waals surface area contributed by atoms with E-state index >= 15 is 0 Å². The molecule has 3 aromatic carbocycles. The van der Waals surface area contributed by atoms with Crippen LogP contribution in [0.5, 0.6) is 0 Å². The number of ether oxygens (including phenoxy) is 1. The number of fused-ring (bicyclic) bond motifs is 5. The largest absolute Gasteiger partial charge is 0.468 e. The Morgan fingerprint density at radius 1 is 1.00 bits per heavy atom. The molecule has 4 heterocycles. The fraction of sp³-hybridized carbons (Fsp3) is 0.323.